The van der Waals surface area contributed by atoms with Crippen LogP contribution in [0.25, 0.3) is 0 Å². The van der Waals surface area contributed by atoms with Crippen LogP contribution in [0.1, 0.15) is 194 Å². The SMILES string of the molecule is CC/C=C\C/C=C\C/C=C\C/C=C\C/C=C\C/C=C\CCC(=O)O[C@H](COCCCCCCCCCCCCCCCCCCCCCC)COP(=O)(O)OCC[N+](C)(C)C. The Hall–Kier alpha value is -2.06. The molecule has 0 aromatic carbocycles. The Labute approximate surface area is 376 Å². The van der Waals surface area contributed by atoms with E-state index >= 15 is 0 Å². The average molecular weight is 877 g/mol. The summed E-state index contributed by atoms with van der Waals surface area (Å²) >= 11 is 0. The zero-order valence-electron chi connectivity index (χ0n) is 40.1. The van der Waals surface area contributed by atoms with Crippen LogP contribution >= 0.6 is 7.82 Å². The lowest BCUT2D eigenvalue weighted by atomic mass is 10.0. The van der Waals surface area contributed by atoms with Gasteiger partial charge in [-0.05, 0) is 51.4 Å². The van der Waals surface area contributed by atoms with E-state index in [0.717, 1.165) is 51.4 Å². The Morgan fingerprint density at radius 2 is 0.918 bits per heavy atom. The van der Waals surface area contributed by atoms with Crippen LogP contribution in [0.2, 0.25) is 0 Å². The van der Waals surface area contributed by atoms with Gasteiger partial charge in [0, 0.05) is 13.0 Å². The molecule has 0 bridgehead atoms. The number of allylic oxidation sites excluding steroid dienone is 12. The van der Waals surface area contributed by atoms with Gasteiger partial charge in [-0.25, -0.2) is 4.57 Å². The van der Waals surface area contributed by atoms with Gasteiger partial charge in [-0.1, -0.05) is 209 Å². The molecule has 0 fully saturated rings. The van der Waals surface area contributed by atoms with Gasteiger partial charge in [0.15, 0.2) is 0 Å². The molecule has 0 aliphatic rings. The Morgan fingerprint density at radius 1 is 0.525 bits per heavy atom. The predicted molar refractivity (Wildman–Crippen MR) is 261 cm³/mol. The van der Waals surface area contributed by atoms with Gasteiger partial charge in [-0.2, -0.15) is 0 Å². The molecule has 0 spiro atoms. The van der Waals surface area contributed by atoms with Crippen LogP contribution in [0.5, 0.6) is 0 Å². The molecule has 0 aliphatic carbocycles. The second-order valence-electron chi connectivity index (χ2n) is 17.5. The maximum Gasteiger partial charge on any atom is 0.472 e. The lowest BCUT2D eigenvalue weighted by Crippen LogP contribution is -2.37. The topological polar surface area (TPSA) is 91.3 Å². The molecule has 0 aliphatic heterocycles. The summed E-state index contributed by atoms with van der Waals surface area (Å²) in [5, 5.41) is 0. The minimum Gasteiger partial charge on any atom is -0.457 e. The minimum absolute atomic E-state index is 0.0730. The van der Waals surface area contributed by atoms with E-state index in [1.165, 1.54) is 116 Å². The van der Waals surface area contributed by atoms with E-state index in [1.807, 2.05) is 33.3 Å². The fraction of sp³-hybridized carbons (Fsp3) is 0.750. The maximum atomic E-state index is 12.7. The molecule has 354 valence electrons. The van der Waals surface area contributed by atoms with Crippen LogP contribution in [0, 0.1) is 0 Å². The van der Waals surface area contributed by atoms with Crippen LogP contribution in [0.15, 0.2) is 72.9 Å². The zero-order chi connectivity index (χ0) is 44.8. The highest BCUT2D eigenvalue weighted by atomic mass is 31.2. The molecule has 61 heavy (non-hydrogen) atoms. The van der Waals surface area contributed by atoms with Gasteiger partial charge < -0.3 is 18.9 Å². The monoisotopic (exact) mass is 877 g/mol. The Morgan fingerprint density at radius 3 is 1.33 bits per heavy atom. The van der Waals surface area contributed by atoms with Gasteiger partial charge in [-0.15, -0.1) is 0 Å². The summed E-state index contributed by atoms with van der Waals surface area (Å²) in [4.78, 5) is 22.9. The minimum atomic E-state index is -4.30. The predicted octanol–water partition coefficient (Wildman–Crippen LogP) is 15.1. The molecule has 0 saturated heterocycles. The summed E-state index contributed by atoms with van der Waals surface area (Å²) in [6.07, 6.45) is 58.2. The molecule has 0 heterocycles. The molecule has 2 atom stereocenters. The number of carbonyl (C=O) groups excluding carboxylic acids is 1. The van der Waals surface area contributed by atoms with Crippen molar-refractivity contribution in [2.45, 2.75) is 200 Å². The van der Waals surface area contributed by atoms with Gasteiger partial charge in [0.25, 0.3) is 0 Å². The molecule has 0 aromatic rings. The van der Waals surface area contributed by atoms with Gasteiger partial charge in [0.2, 0.25) is 0 Å². The van der Waals surface area contributed by atoms with E-state index in [-0.39, 0.29) is 26.2 Å². The van der Waals surface area contributed by atoms with Crippen molar-refractivity contribution in [3.8, 4) is 0 Å². The molecule has 0 aromatic heterocycles. The van der Waals surface area contributed by atoms with Crippen molar-refractivity contribution in [1.29, 1.82) is 0 Å². The van der Waals surface area contributed by atoms with Gasteiger partial charge in [0.05, 0.1) is 34.4 Å². The van der Waals surface area contributed by atoms with Crippen molar-refractivity contribution < 1.29 is 37.3 Å². The summed E-state index contributed by atoms with van der Waals surface area (Å²) in [5.41, 5.74) is 0. The van der Waals surface area contributed by atoms with Gasteiger partial charge >= 0.3 is 13.8 Å². The van der Waals surface area contributed by atoms with Crippen molar-refractivity contribution >= 4 is 13.8 Å². The first-order valence-electron chi connectivity index (χ1n) is 24.7. The van der Waals surface area contributed by atoms with Crippen molar-refractivity contribution in [2.75, 3.05) is 54.1 Å². The first kappa shape index (κ1) is 58.9. The zero-order valence-corrected chi connectivity index (χ0v) is 41.0. The third-order valence-corrected chi connectivity index (χ3v) is 11.3. The van der Waals surface area contributed by atoms with E-state index in [2.05, 4.69) is 74.6 Å². The van der Waals surface area contributed by atoms with Crippen LogP contribution < -0.4 is 0 Å². The van der Waals surface area contributed by atoms with E-state index in [9.17, 15) is 14.3 Å². The number of phosphoric ester groups is 1. The molecular formula is C52H95NO7P+. The number of phosphoric acid groups is 1. The third-order valence-electron chi connectivity index (χ3n) is 10.3. The molecule has 0 radical (unpaired) electrons. The van der Waals surface area contributed by atoms with Crippen LogP contribution in [-0.2, 0) is 27.9 Å². The number of hydrogen-bond donors (Lipinski definition) is 1. The van der Waals surface area contributed by atoms with E-state index < -0.39 is 19.9 Å². The lowest BCUT2D eigenvalue weighted by Gasteiger charge is -2.24. The first-order valence-corrected chi connectivity index (χ1v) is 26.2. The number of unbranched alkanes of at least 4 members (excludes halogenated alkanes) is 19. The largest absolute Gasteiger partial charge is 0.472 e. The lowest BCUT2D eigenvalue weighted by molar-refractivity contribution is -0.870. The molecule has 0 amide bonds. The normalized spacial score (nSPS) is 14.3. The number of likely N-dealkylation sites (N-methyl/N-ethyl adjacent to an activating group) is 1. The Balaban J connectivity index is 4.27. The third kappa shape index (κ3) is 48.8. The summed E-state index contributed by atoms with van der Waals surface area (Å²) in [5.74, 6) is -0.394. The summed E-state index contributed by atoms with van der Waals surface area (Å²) < 4.78 is 35.0. The molecule has 1 unspecified atom stereocenters. The number of nitrogens with zero attached hydrogens (tertiary/aromatic N) is 1. The number of carbonyl (C=O) groups is 1. The number of quaternary nitrogens is 1. The molecule has 0 saturated carbocycles. The molecule has 9 heteroatoms. The molecule has 8 nitrogen and oxygen atoms in total. The summed E-state index contributed by atoms with van der Waals surface area (Å²) in [7, 11) is 1.62. The number of esters is 1. The second kappa shape index (κ2) is 44.5. The highest BCUT2D eigenvalue weighted by Gasteiger charge is 2.26. The van der Waals surface area contributed by atoms with Crippen LogP contribution in [-0.4, -0.2) is 75.6 Å². The summed E-state index contributed by atoms with van der Waals surface area (Å²) in [6.45, 7) is 5.42. The van der Waals surface area contributed by atoms with Gasteiger partial charge in [-0.3, -0.25) is 13.8 Å². The number of hydrogen-bond acceptors (Lipinski definition) is 6. The van der Waals surface area contributed by atoms with Gasteiger partial charge in [0.1, 0.15) is 19.3 Å². The molecule has 1 N–H and O–H groups in total. The Kier molecular flexibility index (Phi) is 43.0. The second-order valence-corrected chi connectivity index (χ2v) is 18.9. The number of rotatable bonds is 45. The molecular weight excluding hydrogens is 782 g/mol. The fourth-order valence-electron chi connectivity index (χ4n) is 6.52. The van der Waals surface area contributed by atoms with Crippen molar-refractivity contribution in [1.82, 2.24) is 0 Å². The van der Waals surface area contributed by atoms with E-state index in [1.54, 1.807) is 0 Å². The van der Waals surface area contributed by atoms with Crippen LogP contribution in [0.3, 0.4) is 0 Å². The fourth-order valence-corrected chi connectivity index (χ4v) is 7.26. The number of ether oxygens (including phenoxy) is 2. The van der Waals surface area contributed by atoms with Crippen molar-refractivity contribution in [3.05, 3.63) is 72.9 Å². The van der Waals surface area contributed by atoms with E-state index in [4.69, 9.17) is 18.5 Å². The highest BCUT2D eigenvalue weighted by molar-refractivity contribution is 7.47. The standard InChI is InChI=1S/C52H94NO7P/c1-6-8-10-12-14-16-18-20-22-24-26-28-30-32-34-36-38-40-42-44-47-57-49-51(50-59-61(55,56)58-48-46-53(3,4)5)60-52(54)45-43-41-39-37-35-33-31-29-27-25-23-21-19-17-15-13-11-9-7-2/h9,11,15,17,21,23,27,29,33,35,39,41,51H,6-8,10,12-14,16,18-20,22,24-26,28,30-32,34,36-38,40,42-50H2,1-5H3/p+1/b11-9-,17-15-,23-21-,29-27-,35-33-,41-39-/t51-/m1/s1. The average Bonchev–Trinajstić information content (AvgIpc) is 3.22. The smallest absolute Gasteiger partial charge is 0.457 e. The quantitative estimate of drug-likeness (QED) is 0.0214. The van der Waals surface area contributed by atoms with E-state index in [0.29, 0.717) is 24.1 Å². The Bertz CT molecular complexity index is 1200. The van der Waals surface area contributed by atoms with Crippen molar-refractivity contribution in [2.24, 2.45) is 0 Å². The highest BCUT2D eigenvalue weighted by Crippen LogP contribution is 2.43. The summed E-state index contributed by atoms with van der Waals surface area (Å²) in [6, 6.07) is 0. The first-order chi connectivity index (χ1) is 29.6. The van der Waals surface area contributed by atoms with Crippen LogP contribution in [0.4, 0.5) is 0 Å². The molecule has 0 rings (SSSR count). The maximum absolute atomic E-state index is 12.7. The van der Waals surface area contributed by atoms with Crippen molar-refractivity contribution in [3.63, 3.8) is 0 Å².